The predicted molar refractivity (Wildman–Crippen MR) is 141 cm³/mol. The molecule has 0 radical (unpaired) electrons. The predicted octanol–water partition coefficient (Wildman–Crippen LogP) is 9.37. The van der Waals surface area contributed by atoms with Crippen molar-refractivity contribution in [3.8, 4) is 0 Å². The second-order valence-electron chi connectivity index (χ2n) is 9.90. The van der Waals surface area contributed by atoms with Crippen LogP contribution in [0, 0.1) is 5.41 Å². The second-order valence-corrected chi connectivity index (χ2v) is 12.2. The van der Waals surface area contributed by atoms with Crippen molar-refractivity contribution >= 4 is 34.8 Å². The molecular weight excluding hydrogens is 459 g/mol. The Morgan fingerprint density at radius 2 is 1.19 bits per heavy atom. The van der Waals surface area contributed by atoms with E-state index in [2.05, 4.69) is 52.0 Å². The van der Waals surface area contributed by atoms with Gasteiger partial charge in [0, 0.05) is 0 Å². The van der Waals surface area contributed by atoms with Gasteiger partial charge in [-0.25, -0.2) is 0 Å². The van der Waals surface area contributed by atoms with Crippen LogP contribution in [0.1, 0.15) is 77.3 Å². The van der Waals surface area contributed by atoms with E-state index in [1.165, 1.54) is 25.7 Å². The average Bonchev–Trinajstić information content (AvgIpc) is 2.72. The van der Waals surface area contributed by atoms with Gasteiger partial charge in [-0.2, -0.15) is 0 Å². The molecule has 0 aliphatic carbocycles. The van der Waals surface area contributed by atoms with Crippen molar-refractivity contribution in [1.82, 2.24) is 0 Å². The lowest BCUT2D eigenvalue weighted by Crippen LogP contribution is -2.52. The van der Waals surface area contributed by atoms with Crippen LogP contribution in [-0.4, -0.2) is 15.5 Å². The van der Waals surface area contributed by atoms with E-state index >= 15 is 0 Å². The largest absolute Gasteiger partial charge is 0.372 e. The zero-order valence-electron chi connectivity index (χ0n) is 20.0. The lowest BCUT2D eigenvalue weighted by molar-refractivity contribution is -0.122. The molecule has 0 fully saturated rings. The van der Waals surface area contributed by atoms with E-state index in [0.29, 0.717) is 12.8 Å². The minimum Gasteiger partial charge on any atom is -0.372 e. The first-order chi connectivity index (χ1) is 15.1. The van der Waals surface area contributed by atoms with Crippen LogP contribution < -0.4 is 0 Å². The highest BCUT2D eigenvalue weighted by molar-refractivity contribution is 6.68. The number of unbranched alkanes of at least 4 members (excludes halogenated alkanes) is 4. The first kappa shape index (κ1) is 27.5. The molecule has 1 unspecified atom stereocenters. The molecule has 2 aromatic rings. The maximum Gasteiger partial charge on any atom is 0.199 e. The Labute approximate surface area is 210 Å². The smallest absolute Gasteiger partial charge is 0.199 e. The van der Waals surface area contributed by atoms with Crippen LogP contribution in [0.4, 0.5) is 0 Å². The molecule has 0 heterocycles. The van der Waals surface area contributed by atoms with E-state index in [1.54, 1.807) is 0 Å². The van der Waals surface area contributed by atoms with Gasteiger partial charge in [0.2, 0.25) is 0 Å². The van der Waals surface area contributed by atoms with E-state index in [-0.39, 0.29) is 11.7 Å². The molecule has 0 aromatic heterocycles. The zero-order chi connectivity index (χ0) is 23.7. The number of alkyl halides is 3. The number of halogens is 3. The standard InChI is InChI=1S/C28H39Cl3O/c1-5-6-7-8-15-20-25(32-26(2,3)4)27(28(29,30)31,21-23-16-11-9-12-17-23)22-24-18-13-10-14-19-24/h9-14,16-19,25H,5-8,15,20-22H2,1-4H3. The van der Waals surface area contributed by atoms with Crippen LogP contribution in [0.2, 0.25) is 0 Å². The van der Waals surface area contributed by atoms with Crippen molar-refractivity contribution in [3.05, 3.63) is 71.8 Å². The first-order valence-electron chi connectivity index (χ1n) is 11.9. The topological polar surface area (TPSA) is 9.23 Å². The Morgan fingerprint density at radius 1 is 0.719 bits per heavy atom. The number of hydrogen-bond acceptors (Lipinski definition) is 1. The van der Waals surface area contributed by atoms with Gasteiger partial charge in [0.05, 0.1) is 17.1 Å². The number of ether oxygens (including phenoxy) is 1. The Kier molecular flexibility index (Phi) is 10.9. The van der Waals surface area contributed by atoms with Crippen LogP contribution in [0.25, 0.3) is 0 Å². The summed E-state index contributed by atoms with van der Waals surface area (Å²) in [5.41, 5.74) is 1.26. The van der Waals surface area contributed by atoms with Gasteiger partial charge in [0.1, 0.15) is 0 Å². The highest BCUT2D eigenvalue weighted by Gasteiger charge is 2.54. The van der Waals surface area contributed by atoms with E-state index in [0.717, 1.165) is 24.0 Å². The maximum atomic E-state index is 6.89. The monoisotopic (exact) mass is 496 g/mol. The molecule has 0 aliphatic rings. The summed E-state index contributed by atoms with van der Waals surface area (Å²) in [5, 5.41) is 0. The molecule has 0 saturated carbocycles. The molecule has 2 aromatic carbocycles. The number of rotatable bonds is 12. The van der Waals surface area contributed by atoms with Crippen molar-refractivity contribution in [2.75, 3.05) is 0 Å². The third-order valence-corrected chi connectivity index (χ3v) is 7.10. The fourth-order valence-electron chi connectivity index (χ4n) is 4.40. The van der Waals surface area contributed by atoms with Gasteiger partial charge in [-0.3, -0.25) is 0 Å². The molecule has 2 rings (SSSR count). The molecule has 1 nitrogen and oxygen atoms in total. The minimum atomic E-state index is -1.50. The van der Waals surface area contributed by atoms with E-state index in [9.17, 15) is 0 Å². The second kappa shape index (κ2) is 12.7. The van der Waals surface area contributed by atoms with Crippen molar-refractivity contribution < 1.29 is 4.74 Å². The van der Waals surface area contributed by atoms with Gasteiger partial charge in [-0.1, -0.05) is 134 Å². The quantitative estimate of drug-likeness (QED) is 0.209. The highest BCUT2D eigenvalue weighted by Crippen LogP contribution is 2.54. The van der Waals surface area contributed by atoms with Crippen molar-refractivity contribution in [2.45, 2.75) is 94.6 Å². The lowest BCUT2D eigenvalue weighted by Gasteiger charge is -2.48. The van der Waals surface area contributed by atoms with Gasteiger partial charge in [-0.05, 0) is 51.2 Å². The Balaban J connectivity index is 2.49. The van der Waals surface area contributed by atoms with Crippen LogP contribution in [0.3, 0.4) is 0 Å². The fourth-order valence-corrected chi connectivity index (χ4v) is 5.17. The SMILES string of the molecule is CCCCCCCC(OC(C)(C)C)C(Cc1ccccc1)(Cc1ccccc1)C(Cl)(Cl)Cl. The molecule has 32 heavy (non-hydrogen) atoms. The Bertz CT molecular complexity index is 721. The Morgan fingerprint density at radius 3 is 1.59 bits per heavy atom. The molecule has 4 heteroatoms. The molecule has 0 aliphatic heterocycles. The normalized spacial score (nSPS) is 13.8. The summed E-state index contributed by atoms with van der Waals surface area (Å²) < 4.78 is 5.23. The molecule has 0 bridgehead atoms. The first-order valence-corrected chi connectivity index (χ1v) is 13.0. The van der Waals surface area contributed by atoms with E-state index < -0.39 is 9.21 Å². The van der Waals surface area contributed by atoms with Crippen LogP contribution >= 0.6 is 34.8 Å². The molecule has 0 saturated heterocycles. The zero-order valence-corrected chi connectivity index (χ0v) is 22.3. The number of hydrogen-bond donors (Lipinski definition) is 0. The van der Waals surface area contributed by atoms with Gasteiger partial charge in [-0.15, -0.1) is 0 Å². The molecular formula is C28H39Cl3O. The summed E-state index contributed by atoms with van der Waals surface area (Å²) in [6, 6.07) is 20.7. The highest BCUT2D eigenvalue weighted by atomic mass is 35.6. The average molecular weight is 498 g/mol. The molecule has 178 valence electrons. The Hall–Kier alpha value is -0.730. The minimum absolute atomic E-state index is 0.197. The van der Waals surface area contributed by atoms with Crippen molar-refractivity contribution in [1.29, 1.82) is 0 Å². The van der Waals surface area contributed by atoms with Gasteiger partial charge < -0.3 is 4.74 Å². The summed E-state index contributed by atoms with van der Waals surface area (Å²) in [6.45, 7) is 8.50. The summed E-state index contributed by atoms with van der Waals surface area (Å²) >= 11 is 20.7. The van der Waals surface area contributed by atoms with E-state index in [4.69, 9.17) is 39.5 Å². The van der Waals surface area contributed by atoms with E-state index in [1.807, 2.05) is 36.4 Å². The number of benzene rings is 2. The summed E-state index contributed by atoms with van der Waals surface area (Å²) in [5.74, 6) is 0. The molecule has 0 spiro atoms. The van der Waals surface area contributed by atoms with Crippen molar-refractivity contribution in [2.24, 2.45) is 5.41 Å². The van der Waals surface area contributed by atoms with Crippen molar-refractivity contribution in [3.63, 3.8) is 0 Å². The molecule has 0 N–H and O–H groups in total. The lowest BCUT2D eigenvalue weighted by atomic mass is 9.71. The summed E-state index contributed by atoms with van der Waals surface area (Å²) in [7, 11) is 0. The fraction of sp³-hybridized carbons (Fsp3) is 0.571. The van der Waals surface area contributed by atoms with Gasteiger partial charge >= 0.3 is 0 Å². The van der Waals surface area contributed by atoms with Gasteiger partial charge in [0.15, 0.2) is 3.79 Å². The summed E-state index contributed by atoms with van der Waals surface area (Å²) in [6.07, 6.45) is 7.89. The van der Waals surface area contributed by atoms with Crippen LogP contribution in [0.15, 0.2) is 60.7 Å². The maximum absolute atomic E-state index is 6.89. The molecule has 0 amide bonds. The third-order valence-electron chi connectivity index (χ3n) is 5.97. The van der Waals surface area contributed by atoms with Crippen LogP contribution in [0.5, 0.6) is 0 Å². The third kappa shape index (κ3) is 8.56. The van der Waals surface area contributed by atoms with Crippen LogP contribution in [-0.2, 0) is 17.6 Å². The summed E-state index contributed by atoms with van der Waals surface area (Å²) in [4.78, 5) is 0. The van der Waals surface area contributed by atoms with Gasteiger partial charge in [0.25, 0.3) is 0 Å². The molecule has 1 atom stereocenters.